The molecule has 1 aliphatic rings. The van der Waals surface area contributed by atoms with Crippen LogP contribution in [0.1, 0.15) is 18.4 Å². The lowest BCUT2D eigenvalue weighted by Gasteiger charge is -2.03. The highest BCUT2D eigenvalue weighted by Crippen LogP contribution is 2.37. The van der Waals surface area contributed by atoms with Crippen LogP contribution in [0.3, 0.4) is 0 Å². The Morgan fingerprint density at radius 3 is 2.86 bits per heavy atom. The number of fused-ring (bicyclic) bond motifs is 1. The fraction of sp³-hybridized carbons (Fsp3) is 0.333. The average molecular weight is 318 g/mol. The third-order valence-corrected chi connectivity index (χ3v) is 6.21. The number of hydrogen-bond donors (Lipinski definition) is 1. The van der Waals surface area contributed by atoms with Crippen molar-refractivity contribution in [1.29, 1.82) is 0 Å². The van der Waals surface area contributed by atoms with Crippen molar-refractivity contribution >= 4 is 32.9 Å². The van der Waals surface area contributed by atoms with Crippen molar-refractivity contribution in [1.82, 2.24) is 9.55 Å². The summed E-state index contributed by atoms with van der Waals surface area (Å²) in [5.74, 6) is 0.497. The van der Waals surface area contributed by atoms with E-state index in [9.17, 15) is 9.59 Å². The minimum absolute atomic E-state index is 0.141. The summed E-state index contributed by atoms with van der Waals surface area (Å²) in [6.07, 6.45) is 2.24. The highest BCUT2D eigenvalue weighted by molar-refractivity contribution is 7.25. The number of aromatic nitrogens is 2. The lowest BCUT2D eigenvalue weighted by Crippen LogP contribution is -2.35. The van der Waals surface area contributed by atoms with Gasteiger partial charge in [0.25, 0.3) is 5.56 Å². The molecule has 21 heavy (non-hydrogen) atoms. The van der Waals surface area contributed by atoms with Crippen LogP contribution in [0.15, 0.2) is 27.1 Å². The molecule has 0 unspecified atom stereocenters. The number of aromatic amines is 1. The van der Waals surface area contributed by atoms with Gasteiger partial charge in [0.2, 0.25) is 0 Å². The Hall–Kier alpha value is -1.66. The van der Waals surface area contributed by atoms with E-state index in [0.717, 1.165) is 28.2 Å². The molecule has 0 aromatic carbocycles. The van der Waals surface area contributed by atoms with Gasteiger partial charge in [-0.15, -0.1) is 22.7 Å². The zero-order chi connectivity index (χ0) is 14.6. The summed E-state index contributed by atoms with van der Waals surface area (Å²) in [5, 5.41) is 2.69. The highest BCUT2D eigenvalue weighted by atomic mass is 32.1. The Morgan fingerprint density at radius 1 is 1.38 bits per heavy atom. The number of aryl methyl sites for hydroxylation is 1. The van der Waals surface area contributed by atoms with Crippen LogP contribution < -0.4 is 11.2 Å². The number of thiophene rings is 2. The maximum atomic E-state index is 12.7. The van der Waals surface area contributed by atoms with Gasteiger partial charge in [0.05, 0.1) is 10.3 Å². The molecular weight excluding hydrogens is 304 g/mol. The van der Waals surface area contributed by atoms with Crippen molar-refractivity contribution in [2.75, 3.05) is 0 Å². The highest BCUT2D eigenvalue weighted by Gasteiger charge is 2.25. The van der Waals surface area contributed by atoms with E-state index >= 15 is 0 Å². The standard InChI is InChI=1S/C15H14N2O2S2/c1-8-11-13(21-12(8)10-3-2-6-20-10)16-15(19)17(14(11)18)7-9-4-5-9/h2-3,6,9H,4-5,7H2,1H3,(H,16,19). The molecule has 1 saturated carbocycles. The predicted molar refractivity (Wildman–Crippen MR) is 87.5 cm³/mol. The predicted octanol–water partition coefficient (Wildman–Crippen LogP) is 3.20. The summed E-state index contributed by atoms with van der Waals surface area (Å²) in [4.78, 5) is 30.6. The van der Waals surface area contributed by atoms with Crippen LogP contribution in [0.25, 0.3) is 20.0 Å². The van der Waals surface area contributed by atoms with Crippen molar-refractivity contribution in [3.63, 3.8) is 0 Å². The van der Waals surface area contributed by atoms with Crippen LogP contribution in [-0.4, -0.2) is 9.55 Å². The fourth-order valence-corrected chi connectivity index (χ4v) is 4.72. The summed E-state index contributed by atoms with van der Waals surface area (Å²) in [7, 11) is 0. The molecule has 0 spiro atoms. The van der Waals surface area contributed by atoms with Gasteiger partial charge in [-0.3, -0.25) is 14.3 Å². The van der Waals surface area contributed by atoms with Crippen LogP contribution in [0.2, 0.25) is 0 Å². The molecule has 0 amide bonds. The minimum Gasteiger partial charge on any atom is -0.298 e. The van der Waals surface area contributed by atoms with Gasteiger partial charge >= 0.3 is 5.69 Å². The van der Waals surface area contributed by atoms with Gasteiger partial charge in [0, 0.05) is 11.4 Å². The van der Waals surface area contributed by atoms with Crippen molar-refractivity contribution in [2.24, 2.45) is 5.92 Å². The summed E-state index contributed by atoms with van der Waals surface area (Å²) >= 11 is 3.14. The third-order valence-electron chi connectivity index (χ3n) is 3.95. The number of H-pyrrole nitrogens is 1. The molecule has 1 N–H and O–H groups in total. The molecule has 0 radical (unpaired) electrons. The van der Waals surface area contributed by atoms with Gasteiger partial charge < -0.3 is 0 Å². The van der Waals surface area contributed by atoms with Crippen LogP contribution in [0, 0.1) is 12.8 Å². The Labute approximate surface area is 128 Å². The van der Waals surface area contributed by atoms with E-state index < -0.39 is 0 Å². The van der Waals surface area contributed by atoms with Crippen molar-refractivity contribution in [3.05, 3.63) is 43.9 Å². The smallest absolute Gasteiger partial charge is 0.298 e. The molecule has 1 aliphatic carbocycles. The van der Waals surface area contributed by atoms with Crippen LogP contribution in [0.5, 0.6) is 0 Å². The summed E-state index contributed by atoms with van der Waals surface area (Å²) in [6.45, 7) is 2.52. The Bertz CT molecular complexity index is 927. The first kappa shape index (κ1) is 13.0. The van der Waals surface area contributed by atoms with E-state index in [-0.39, 0.29) is 11.2 Å². The van der Waals surface area contributed by atoms with E-state index in [1.54, 1.807) is 11.3 Å². The van der Waals surface area contributed by atoms with E-state index in [4.69, 9.17) is 0 Å². The second-order valence-electron chi connectivity index (χ2n) is 5.53. The number of nitrogens with zero attached hydrogens (tertiary/aromatic N) is 1. The molecule has 3 aromatic rings. The zero-order valence-corrected chi connectivity index (χ0v) is 13.1. The van der Waals surface area contributed by atoms with Crippen molar-refractivity contribution in [3.8, 4) is 9.75 Å². The zero-order valence-electron chi connectivity index (χ0n) is 11.5. The summed E-state index contributed by atoms with van der Waals surface area (Å²) in [5.41, 5.74) is 0.554. The number of rotatable bonds is 3. The van der Waals surface area contributed by atoms with Gasteiger partial charge in [-0.2, -0.15) is 0 Å². The Kier molecular flexibility index (Phi) is 2.90. The molecule has 0 aliphatic heterocycles. The van der Waals surface area contributed by atoms with Gasteiger partial charge in [-0.1, -0.05) is 6.07 Å². The Balaban J connectivity index is 1.98. The summed E-state index contributed by atoms with van der Waals surface area (Å²) < 4.78 is 1.37. The average Bonchev–Trinajstić information content (AvgIpc) is 2.98. The lowest BCUT2D eigenvalue weighted by atomic mass is 10.2. The SMILES string of the molecule is Cc1c(-c2cccs2)sc2[nH]c(=O)n(CC3CC3)c(=O)c12. The van der Waals surface area contributed by atoms with Gasteiger partial charge in [-0.05, 0) is 42.7 Å². The topological polar surface area (TPSA) is 54.9 Å². The second-order valence-corrected chi connectivity index (χ2v) is 7.50. The van der Waals surface area contributed by atoms with Crippen molar-refractivity contribution < 1.29 is 0 Å². The number of nitrogens with one attached hydrogen (secondary N) is 1. The minimum atomic E-state index is -0.279. The molecule has 1 fully saturated rings. The van der Waals surface area contributed by atoms with E-state index in [1.807, 2.05) is 24.4 Å². The van der Waals surface area contributed by atoms with Crippen LogP contribution in [0.4, 0.5) is 0 Å². The second kappa shape index (κ2) is 4.68. The first-order valence-electron chi connectivity index (χ1n) is 6.95. The number of hydrogen-bond acceptors (Lipinski definition) is 4. The van der Waals surface area contributed by atoms with E-state index in [2.05, 4.69) is 4.98 Å². The lowest BCUT2D eigenvalue weighted by molar-refractivity contribution is 0.582. The first-order chi connectivity index (χ1) is 10.1. The van der Waals surface area contributed by atoms with Crippen LogP contribution >= 0.6 is 22.7 Å². The normalized spacial score (nSPS) is 14.9. The van der Waals surface area contributed by atoms with E-state index in [1.165, 1.54) is 15.9 Å². The first-order valence-corrected chi connectivity index (χ1v) is 8.65. The monoisotopic (exact) mass is 318 g/mol. The van der Waals surface area contributed by atoms with Gasteiger partial charge in [-0.25, -0.2) is 4.79 Å². The molecule has 4 nitrogen and oxygen atoms in total. The largest absolute Gasteiger partial charge is 0.329 e. The molecule has 3 heterocycles. The summed E-state index contributed by atoms with van der Waals surface area (Å²) in [6, 6.07) is 4.04. The quantitative estimate of drug-likeness (QED) is 0.806. The third kappa shape index (κ3) is 2.10. The molecule has 6 heteroatoms. The molecule has 3 aromatic heterocycles. The molecule has 4 rings (SSSR count). The van der Waals surface area contributed by atoms with Gasteiger partial charge in [0.1, 0.15) is 4.83 Å². The molecular formula is C15H14N2O2S2. The molecule has 0 bridgehead atoms. The fourth-order valence-electron chi connectivity index (χ4n) is 2.62. The molecule has 108 valence electrons. The van der Waals surface area contributed by atoms with E-state index in [0.29, 0.717) is 22.7 Å². The van der Waals surface area contributed by atoms with Crippen molar-refractivity contribution in [2.45, 2.75) is 26.3 Å². The molecule has 0 saturated heterocycles. The molecule has 0 atom stereocenters. The Morgan fingerprint density at radius 2 is 2.19 bits per heavy atom. The maximum absolute atomic E-state index is 12.7. The maximum Gasteiger partial charge on any atom is 0.329 e. The van der Waals surface area contributed by atoms with Crippen LogP contribution in [-0.2, 0) is 6.54 Å². The van der Waals surface area contributed by atoms with Gasteiger partial charge in [0.15, 0.2) is 0 Å².